The van der Waals surface area contributed by atoms with Crippen LogP contribution in [0.5, 0.6) is 0 Å². The first kappa shape index (κ1) is 19.4. The molecule has 1 heterocycles. The third-order valence-electron chi connectivity index (χ3n) is 4.66. The first-order valence-electron chi connectivity index (χ1n) is 9.48. The van der Waals surface area contributed by atoms with Gasteiger partial charge in [0.15, 0.2) is 0 Å². The van der Waals surface area contributed by atoms with Gasteiger partial charge in [-0.25, -0.2) is 0 Å². The van der Waals surface area contributed by atoms with Gasteiger partial charge in [0, 0.05) is 41.8 Å². The van der Waals surface area contributed by atoms with Crippen LogP contribution in [0, 0.1) is 0 Å². The summed E-state index contributed by atoms with van der Waals surface area (Å²) in [5.41, 5.74) is 3.08. The lowest BCUT2D eigenvalue weighted by Gasteiger charge is -2.12. The number of hydrogen-bond donors (Lipinski definition) is 2. The van der Waals surface area contributed by atoms with Crippen LogP contribution < -0.4 is 10.6 Å². The first-order chi connectivity index (χ1) is 13.6. The molecule has 0 fully saturated rings. The number of nitrogens with one attached hydrogen (secondary N) is 2. The highest BCUT2D eigenvalue weighted by Gasteiger charge is 2.10. The predicted molar refractivity (Wildman–Crippen MR) is 111 cm³/mol. The molecule has 0 aliphatic carbocycles. The number of hydrogen-bond acceptors (Lipinski definition) is 2. The number of aromatic nitrogens is 1. The smallest absolute Gasteiger partial charge is 0.251 e. The maximum Gasteiger partial charge on any atom is 0.251 e. The van der Waals surface area contributed by atoms with Gasteiger partial charge in [0.05, 0.1) is 0 Å². The molecule has 0 radical (unpaired) electrons. The monoisotopic (exact) mass is 375 g/mol. The Morgan fingerprint density at radius 1 is 0.929 bits per heavy atom. The highest BCUT2D eigenvalue weighted by Crippen LogP contribution is 2.11. The van der Waals surface area contributed by atoms with E-state index in [0.29, 0.717) is 17.7 Å². The minimum atomic E-state index is -0.145. The summed E-state index contributed by atoms with van der Waals surface area (Å²) < 4.78 is 1.98. The number of carbonyl (C=O) groups excluding carboxylic acids is 2. The second kappa shape index (κ2) is 9.04. The van der Waals surface area contributed by atoms with Crippen molar-refractivity contribution in [3.8, 4) is 5.69 Å². The minimum Gasteiger partial charge on any atom is -0.350 e. The van der Waals surface area contributed by atoms with Gasteiger partial charge in [-0.05, 0) is 67.4 Å². The number of amides is 2. The molecule has 3 rings (SSSR count). The van der Waals surface area contributed by atoms with Crippen LogP contribution in [0.2, 0.25) is 0 Å². The van der Waals surface area contributed by atoms with E-state index in [0.717, 1.165) is 17.7 Å². The van der Waals surface area contributed by atoms with Crippen molar-refractivity contribution in [3.63, 3.8) is 0 Å². The maximum atomic E-state index is 12.4. The Labute approximate surface area is 165 Å². The van der Waals surface area contributed by atoms with Gasteiger partial charge >= 0.3 is 0 Å². The zero-order valence-electron chi connectivity index (χ0n) is 16.2. The van der Waals surface area contributed by atoms with E-state index in [4.69, 9.17) is 0 Å². The zero-order chi connectivity index (χ0) is 19.9. The second-order valence-corrected chi connectivity index (χ2v) is 6.80. The molecule has 3 aromatic rings. The summed E-state index contributed by atoms with van der Waals surface area (Å²) in [5, 5.41) is 5.86. The SMILES string of the molecule is CCC(C)NC(=O)c1cccc(CNC(=O)c2ccc(-n3cccc3)cc2)c1. The Hall–Kier alpha value is -3.34. The normalized spacial score (nSPS) is 11.6. The molecule has 2 aromatic carbocycles. The van der Waals surface area contributed by atoms with Crippen molar-refractivity contribution in [2.75, 3.05) is 0 Å². The summed E-state index contributed by atoms with van der Waals surface area (Å²) in [5.74, 6) is -0.239. The van der Waals surface area contributed by atoms with E-state index in [1.54, 1.807) is 18.2 Å². The summed E-state index contributed by atoms with van der Waals surface area (Å²) in [4.78, 5) is 24.7. The molecule has 5 nitrogen and oxygen atoms in total. The highest BCUT2D eigenvalue weighted by atomic mass is 16.2. The molecule has 28 heavy (non-hydrogen) atoms. The molecule has 1 unspecified atom stereocenters. The Balaban J connectivity index is 1.60. The fourth-order valence-electron chi connectivity index (χ4n) is 2.81. The van der Waals surface area contributed by atoms with Crippen LogP contribution in [0.4, 0.5) is 0 Å². The predicted octanol–water partition coefficient (Wildman–Crippen LogP) is 3.94. The molecule has 144 valence electrons. The zero-order valence-corrected chi connectivity index (χ0v) is 16.2. The number of benzene rings is 2. The van der Waals surface area contributed by atoms with Gasteiger partial charge in [0.25, 0.3) is 11.8 Å². The molecule has 1 aromatic heterocycles. The van der Waals surface area contributed by atoms with E-state index in [9.17, 15) is 9.59 Å². The molecule has 5 heteroatoms. The molecular formula is C23H25N3O2. The fourth-order valence-corrected chi connectivity index (χ4v) is 2.81. The van der Waals surface area contributed by atoms with Crippen LogP contribution in [-0.4, -0.2) is 22.4 Å². The van der Waals surface area contributed by atoms with Crippen molar-refractivity contribution in [1.29, 1.82) is 0 Å². The average molecular weight is 375 g/mol. The van der Waals surface area contributed by atoms with Gasteiger partial charge in [0.2, 0.25) is 0 Å². The van der Waals surface area contributed by atoms with Crippen molar-refractivity contribution in [2.45, 2.75) is 32.9 Å². The molecular weight excluding hydrogens is 350 g/mol. The van der Waals surface area contributed by atoms with E-state index in [2.05, 4.69) is 10.6 Å². The molecule has 0 aliphatic rings. The summed E-state index contributed by atoms with van der Waals surface area (Å²) >= 11 is 0. The van der Waals surface area contributed by atoms with Gasteiger partial charge < -0.3 is 15.2 Å². The molecule has 0 spiro atoms. The standard InChI is InChI=1S/C23H25N3O2/c1-3-17(2)25-23(28)20-8-6-7-18(15-20)16-24-22(27)19-9-11-21(12-10-19)26-13-4-5-14-26/h4-15,17H,3,16H2,1-2H3,(H,24,27)(H,25,28). The van der Waals surface area contributed by atoms with Crippen molar-refractivity contribution in [2.24, 2.45) is 0 Å². The molecule has 0 saturated carbocycles. The number of carbonyl (C=O) groups is 2. The lowest BCUT2D eigenvalue weighted by atomic mass is 10.1. The second-order valence-electron chi connectivity index (χ2n) is 6.80. The third kappa shape index (κ3) is 4.88. The van der Waals surface area contributed by atoms with Crippen molar-refractivity contribution in [3.05, 3.63) is 89.7 Å². The van der Waals surface area contributed by atoms with Crippen LogP contribution >= 0.6 is 0 Å². The van der Waals surface area contributed by atoms with Crippen LogP contribution in [0.3, 0.4) is 0 Å². The van der Waals surface area contributed by atoms with E-state index in [1.165, 1.54) is 0 Å². The maximum absolute atomic E-state index is 12.4. The molecule has 1 atom stereocenters. The Morgan fingerprint density at radius 3 is 2.32 bits per heavy atom. The molecule has 0 bridgehead atoms. The van der Waals surface area contributed by atoms with Gasteiger partial charge in [-0.2, -0.15) is 0 Å². The topological polar surface area (TPSA) is 63.1 Å². The summed E-state index contributed by atoms with van der Waals surface area (Å²) in [6, 6.07) is 18.8. The van der Waals surface area contributed by atoms with E-state index in [-0.39, 0.29) is 17.9 Å². The quantitative estimate of drug-likeness (QED) is 0.657. The molecule has 2 amide bonds. The van der Waals surface area contributed by atoms with Crippen LogP contribution in [0.15, 0.2) is 73.1 Å². The van der Waals surface area contributed by atoms with Crippen molar-refractivity contribution >= 4 is 11.8 Å². The molecule has 2 N–H and O–H groups in total. The van der Waals surface area contributed by atoms with Gasteiger partial charge in [-0.3, -0.25) is 9.59 Å². The highest BCUT2D eigenvalue weighted by molar-refractivity contribution is 5.95. The fraction of sp³-hybridized carbons (Fsp3) is 0.217. The van der Waals surface area contributed by atoms with Crippen LogP contribution in [-0.2, 0) is 6.54 Å². The molecule has 0 aliphatic heterocycles. The van der Waals surface area contributed by atoms with Gasteiger partial charge in [-0.1, -0.05) is 19.1 Å². The van der Waals surface area contributed by atoms with E-state index >= 15 is 0 Å². The third-order valence-corrected chi connectivity index (χ3v) is 4.66. The summed E-state index contributed by atoms with van der Waals surface area (Å²) in [6.07, 6.45) is 4.80. The summed E-state index contributed by atoms with van der Waals surface area (Å²) in [6.45, 7) is 4.37. The van der Waals surface area contributed by atoms with Crippen LogP contribution in [0.1, 0.15) is 46.5 Å². The van der Waals surface area contributed by atoms with Crippen molar-refractivity contribution in [1.82, 2.24) is 15.2 Å². The van der Waals surface area contributed by atoms with Crippen LogP contribution in [0.25, 0.3) is 5.69 Å². The molecule has 0 saturated heterocycles. The van der Waals surface area contributed by atoms with Gasteiger partial charge in [0.1, 0.15) is 0 Å². The van der Waals surface area contributed by atoms with E-state index < -0.39 is 0 Å². The first-order valence-corrected chi connectivity index (χ1v) is 9.48. The lowest BCUT2D eigenvalue weighted by Crippen LogP contribution is -2.32. The van der Waals surface area contributed by atoms with Crippen molar-refractivity contribution < 1.29 is 9.59 Å². The summed E-state index contributed by atoms with van der Waals surface area (Å²) in [7, 11) is 0. The Morgan fingerprint density at radius 2 is 1.64 bits per heavy atom. The largest absolute Gasteiger partial charge is 0.350 e. The van der Waals surface area contributed by atoms with Gasteiger partial charge in [-0.15, -0.1) is 0 Å². The number of rotatable bonds is 7. The minimum absolute atomic E-state index is 0.0943. The number of nitrogens with zero attached hydrogens (tertiary/aromatic N) is 1. The Kier molecular flexibility index (Phi) is 6.27. The lowest BCUT2D eigenvalue weighted by molar-refractivity contribution is 0.0936. The van der Waals surface area contributed by atoms with E-state index in [1.807, 2.05) is 73.3 Å². The Bertz CT molecular complexity index is 931. The average Bonchev–Trinajstić information content (AvgIpc) is 3.27.